The molecular weight excluding hydrogens is 222 g/mol. The molecule has 2 aromatic rings. The molecule has 1 N–H and O–H groups in total. The smallest absolute Gasteiger partial charge is 0.130 e. The maximum Gasteiger partial charge on any atom is 0.130 e. The molecule has 0 aliphatic heterocycles. The molecule has 1 atom stereocenters. The number of rotatable bonds is 3. The molecule has 1 unspecified atom stereocenters. The van der Waals surface area contributed by atoms with Gasteiger partial charge in [-0.15, -0.1) is 0 Å². The normalized spacial score (nSPS) is 13.8. The number of aromatic amines is 1. The third kappa shape index (κ3) is 2.47. The van der Waals surface area contributed by atoms with Crippen molar-refractivity contribution in [2.75, 3.05) is 0 Å². The van der Waals surface area contributed by atoms with E-state index in [1.54, 1.807) is 6.92 Å². The highest BCUT2D eigenvalue weighted by molar-refractivity contribution is 5.85. The van der Waals surface area contributed by atoms with Crippen molar-refractivity contribution < 1.29 is 4.79 Å². The summed E-state index contributed by atoms with van der Waals surface area (Å²) in [4.78, 5) is 14.8. The first-order chi connectivity index (χ1) is 8.39. The van der Waals surface area contributed by atoms with Crippen LogP contribution in [0.15, 0.2) is 30.5 Å². The molecule has 2 nitrogen and oxygen atoms in total. The van der Waals surface area contributed by atoms with E-state index in [4.69, 9.17) is 0 Å². The fourth-order valence-corrected chi connectivity index (χ4v) is 2.55. The number of fused-ring (bicyclic) bond motifs is 1. The van der Waals surface area contributed by atoms with Crippen molar-refractivity contribution in [2.45, 2.75) is 40.0 Å². The molecule has 96 valence electrons. The van der Waals surface area contributed by atoms with E-state index in [0.717, 1.165) is 5.52 Å². The lowest BCUT2D eigenvalue weighted by molar-refractivity contribution is -0.117. The summed E-state index contributed by atoms with van der Waals surface area (Å²) in [5, 5.41) is 1.23. The first kappa shape index (κ1) is 12.9. The highest BCUT2D eigenvalue weighted by atomic mass is 16.1. The topological polar surface area (TPSA) is 32.9 Å². The molecule has 0 aliphatic carbocycles. The Labute approximate surface area is 108 Å². The van der Waals surface area contributed by atoms with Crippen molar-refractivity contribution in [3.63, 3.8) is 0 Å². The fraction of sp³-hybridized carbons (Fsp3) is 0.438. The molecule has 18 heavy (non-hydrogen) atoms. The van der Waals surface area contributed by atoms with E-state index in [0.29, 0.717) is 6.42 Å². The third-order valence-electron chi connectivity index (χ3n) is 3.53. The van der Waals surface area contributed by atoms with Gasteiger partial charge in [0, 0.05) is 23.5 Å². The maximum absolute atomic E-state index is 11.5. The van der Waals surface area contributed by atoms with Crippen molar-refractivity contribution in [3.05, 3.63) is 36.0 Å². The summed E-state index contributed by atoms with van der Waals surface area (Å²) in [6.45, 7) is 8.26. The monoisotopic (exact) mass is 243 g/mol. The van der Waals surface area contributed by atoms with Gasteiger partial charge in [-0.3, -0.25) is 0 Å². The Morgan fingerprint density at radius 2 is 1.94 bits per heavy atom. The number of benzene rings is 1. The number of hydrogen-bond acceptors (Lipinski definition) is 1. The van der Waals surface area contributed by atoms with Crippen molar-refractivity contribution in [2.24, 2.45) is 5.41 Å². The predicted octanol–water partition coefficient (Wildman–Crippen LogP) is 4.28. The molecule has 0 bridgehead atoms. The SMILES string of the molecule is CC(=O)CC(c1c[nH]c2ccccc12)C(C)(C)C. The molecule has 0 saturated carbocycles. The zero-order chi connectivity index (χ0) is 13.3. The summed E-state index contributed by atoms with van der Waals surface area (Å²) in [5.41, 5.74) is 2.48. The van der Waals surface area contributed by atoms with Crippen molar-refractivity contribution in [1.82, 2.24) is 4.98 Å². The summed E-state index contributed by atoms with van der Waals surface area (Å²) in [5.74, 6) is 0.506. The summed E-state index contributed by atoms with van der Waals surface area (Å²) < 4.78 is 0. The fourth-order valence-electron chi connectivity index (χ4n) is 2.55. The number of carbonyl (C=O) groups is 1. The second-order valence-electron chi connectivity index (χ2n) is 6.11. The first-order valence-corrected chi connectivity index (χ1v) is 6.45. The zero-order valence-corrected chi connectivity index (χ0v) is 11.6. The van der Waals surface area contributed by atoms with Gasteiger partial charge in [0.15, 0.2) is 0 Å². The quantitative estimate of drug-likeness (QED) is 0.857. The Morgan fingerprint density at radius 3 is 2.56 bits per heavy atom. The summed E-state index contributed by atoms with van der Waals surface area (Å²) in [7, 11) is 0. The van der Waals surface area contributed by atoms with Crippen LogP contribution in [0.5, 0.6) is 0 Å². The number of aromatic nitrogens is 1. The van der Waals surface area contributed by atoms with E-state index in [1.807, 2.05) is 12.1 Å². The largest absolute Gasteiger partial charge is 0.361 e. The van der Waals surface area contributed by atoms with Crippen molar-refractivity contribution >= 4 is 16.7 Å². The average molecular weight is 243 g/mol. The molecule has 0 amide bonds. The van der Waals surface area contributed by atoms with Gasteiger partial charge in [-0.2, -0.15) is 0 Å². The van der Waals surface area contributed by atoms with Crippen LogP contribution >= 0.6 is 0 Å². The zero-order valence-electron chi connectivity index (χ0n) is 11.6. The van der Waals surface area contributed by atoms with Gasteiger partial charge in [0.1, 0.15) is 5.78 Å². The number of para-hydroxylation sites is 1. The first-order valence-electron chi connectivity index (χ1n) is 6.45. The van der Waals surface area contributed by atoms with E-state index in [-0.39, 0.29) is 17.1 Å². The van der Waals surface area contributed by atoms with Gasteiger partial charge in [-0.05, 0) is 29.9 Å². The Hall–Kier alpha value is -1.57. The van der Waals surface area contributed by atoms with Crippen LogP contribution in [0.3, 0.4) is 0 Å². The van der Waals surface area contributed by atoms with Crippen molar-refractivity contribution in [3.8, 4) is 0 Å². The average Bonchev–Trinajstić information content (AvgIpc) is 2.67. The van der Waals surface area contributed by atoms with Crippen LogP contribution < -0.4 is 0 Å². The van der Waals surface area contributed by atoms with E-state index in [1.165, 1.54) is 10.9 Å². The van der Waals surface area contributed by atoms with Crippen LogP contribution in [0, 0.1) is 5.41 Å². The van der Waals surface area contributed by atoms with Gasteiger partial charge in [-0.25, -0.2) is 0 Å². The molecule has 0 fully saturated rings. The lowest BCUT2D eigenvalue weighted by atomic mass is 9.74. The van der Waals surface area contributed by atoms with Gasteiger partial charge < -0.3 is 9.78 Å². The van der Waals surface area contributed by atoms with Crippen LogP contribution in [0.4, 0.5) is 0 Å². The Kier molecular flexibility index (Phi) is 3.29. The van der Waals surface area contributed by atoms with Gasteiger partial charge in [0.25, 0.3) is 0 Å². The predicted molar refractivity (Wildman–Crippen MR) is 75.8 cm³/mol. The van der Waals surface area contributed by atoms with Gasteiger partial charge in [0.2, 0.25) is 0 Å². The van der Waals surface area contributed by atoms with Gasteiger partial charge in [-0.1, -0.05) is 39.0 Å². The van der Waals surface area contributed by atoms with Crippen LogP contribution in [0.2, 0.25) is 0 Å². The summed E-state index contributed by atoms with van der Waals surface area (Å²) in [6, 6.07) is 8.28. The molecule has 0 spiro atoms. The number of carbonyl (C=O) groups excluding carboxylic acids is 1. The van der Waals surface area contributed by atoms with E-state index in [2.05, 4.69) is 44.1 Å². The second-order valence-corrected chi connectivity index (χ2v) is 6.11. The van der Waals surface area contributed by atoms with Crippen LogP contribution in [-0.2, 0) is 4.79 Å². The van der Waals surface area contributed by atoms with Gasteiger partial charge >= 0.3 is 0 Å². The highest BCUT2D eigenvalue weighted by Gasteiger charge is 2.29. The van der Waals surface area contributed by atoms with E-state index >= 15 is 0 Å². The molecule has 1 aromatic carbocycles. The van der Waals surface area contributed by atoms with Crippen LogP contribution in [0.1, 0.15) is 45.6 Å². The van der Waals surface area contributed by atoms with Crippen molar-refractivity contribution in [1.29, 1.82) is 0 Å². The summed E-state index contributed by atoms with van der Waals surface area (Å²) in [6.07, 6.45) is 2.66. The Bertz CT molecular complexity index is 560. The molecule has 0 aliphatic rings. The molecule has 1 aromatic heterocycles. The van der Waals surface area contributed by atoms with Crippen LogP contribution in [0.25, 0.3) is 10.9 Å². The molecular formula is C16H21NO. The third-order valence-corrected chi connectivity index (χ3v) is 3.53. The number of nitrogens with one attached hydrogen (secondary N) is 1. The minimum absolute atomic E-state index is 0.0800. The molecule has 0 radical (unpaired) electrons. The van der Waals surface area contributed by atoms with Crippen LogP contribution in [-0.4, -0.2) is 10.8 Å². The number of hydrogen-bond donors (Lipinski definition) is 1. The van der Waals surface area contributed by atoms with Gasteiger partial charge in [0.05, 0.1) is 0 Å². The maximum atomic E-state index is 11.5. The second kappa shape index (κ2) is 4.60. The minimum Gasteiger partial charge on any atom is -0.361 e. The highest BCUT2D eigenvalue weighted by Crippen LogP contribution is 2.40. The standard InChI is InChI=1S/C16H21NO/c1-11(18)9-14(16(2,3)4)13-10-17-15-8-6-5-7-12(13)15/h5-8,10,14,17H,9H2,1-4H3. The lowest BCUT2D eigenvalue weighted by Crippen LogP contribution is -2.20. The molecule has 2 rings (SSSR count). The van der Waals surface area contributed by atoms with E-state index in [9.17, 15) is 4.79 Å². The Balaban J connectivity index is 2.51. The number of H-pyrrole nitrogens is 1. The molecule has 0 saturated heterocycles. The lowest BCUT2D eigenvalue weighted by Gasteiger charge is -2.30. The minimum atomic E-state index is 0.0800. The Morgan fingerprint density at radius 1 is 1.28 bits per heavy atom. The number of ketones is 1. The van der Waals surface area contributed by atoms with E-state index < -0.39 is 0 Å². The molecule has 1 heterocycles. The molecule has 2 heteroatoms. The summed E-state index contributed by atoms with van der Waals surface area (Å²) >= 11 is 0. The number of Topliss-reactive ketones (excluding diaryl/α,β-unsaturated/α-hetero) is 1.